The highest BCUT2D eigenvalue weighted by Crippen LogP contribution is 2.52. The first-order chi connectivity index (χ1) is 19.2. The van der Waals surface area contributed by atoms with Crippen LogP contribution in [0.3, 0.4) is 0 Å². The molecule has 6 N–H and O–H groups in total. The Balaban J connectivity index is 1.48. The molecule has 10 heteroatoms. The number of carbonyl (C=O) groups excluding carboxylic acids is 3. The van der Waals surface area contributed by atoms with Gasteiger partial charge in [-0.3, -0.25) is 14.4 Å². The number of phenols is 1. The molecule has 0 heterocycles. The van der Waals surface area contributed by atoms with Gasteiger partial charge in [-0.15, -0.1) is 0 Å². The van der Waals surface area contributed by atoms with Gasteiger partial charge in [-0.1, -0.05) is 55.8 Å². The molecule has 1 unspecified atom stereocenters. The molecule has 0 saturated carbocycles. The Hall–Kier alpha value is -3.66. The highest BCUT2D eigenvalue weighted by Gasteiger charge is 2.59. The van der Waals surface area contributed by atoms with E-state index in [0.717, 1.165) is 0 Å². The summed E-state index contributed by atoms with van der Waals surface area (Å²) in [5, 5.41) is 44.2. The molecule has 216 valence electrons. The van der Waals surface area contributed by atoms with Crippen molar-refractivity contribution < 1.29 is 34.8 Å². The molecular formula is C31H33ClN2O7. The van der Waals surface area contributed by atoms with E-state index in [1.807, 2.05) is 25.2 Å². The molecule has 2 aromatic carbocycles. The molecule has 0 radical (unpaired) electrons. The fraction of sp³-hybridized carbons (Fsp3) is 0.387. The number of ketones is 2. The van der Waals surface area contributed by atoms with Crippen LogP contribution in [-0.2, 0) is 28.0 Å². The molecule has 0 fully saturated rings. The summed E-state index contributed by atoms with van der Waals surface area (Å²) in [5.41, 5.74) is 3.61. The molecule has 1 amide bonds. The summed E-state index contributed by atoms with van der Waals surface area (Å²) in [6.45, 7) is 5.37. The van der Waals surface area contributed by atoms with Crippen LogP contribution in [0.2, 0.25) is 5.02 Å². The Morgan fingerprint density at radius 3 is 2.44 bits per heavy atom. The average Bonchev–Trinajstić information content (AvgIpc) is 2.89. The van der Waals surface area contributed by atoms with Crippen LogP contribution in [0.25, 0.3) is 0 Å². The average molecular weight is 581 g/mol. The second-order valence-corrected chi connectivity index (χ2v) is 12.4. The number of carbonyl (C=O) groups is 3. The molecule has 0 aliphatic heterocycles. The lowest BCUT2D eigenvalue weighted by molar-refractivity contribution is -0.144. The zero-order chi connectivity index (χ0) is 30.0. The fourth-order valence-electron chi connectivity index (χ4n) is 6.84. The molecule has 0 bridgehead atoms. The van der Waals surface area contributed by atoms with Crippen molar-refractivity contribution in [1.82, 2.24) is 4.90 Å². The van der Waals surface area contributed by atoms with Crippen molar-refractivity contribution in [2.45, 2.75) is 50.7 Å². The molecule has 5 rings (SSSR count). The Kier molecular flexibility index (Phi) is 7.04. The van der Waals surface area contributed by atoms with Gasteiger partial charge in [0, 0.05) is 41.4 Å². The lowest BCUT2D eigenvalue weighted by Crippen LogP contribution is -2.57. The van der Waals surface area contributed by atoms with Gasteiger partial charge in [0.1, 0.15) is 22.8 Å². The van der Waals surface area contributed by atoms with Crippen molar-refractivity contribution in [2.75, 3.05) is 13.6 Å². The van der Waals surface area contributed by atoms with Crippen molar-refractivity contribution in [3.05, 3.63) is 86.3 Å². The predicted octanol–water partition coefficient (Wildman–Crippen LogP) is 3.64. The maximum Gasteiger partial charge on any atom is 0.255 e. The van der Waals surface area contributed by atoms with Gasteiger partial charge in [0.25, 0.3) is 5.91 Å². The van der Waals surface area contributed by atoms with Crippen LogP contribution in [0, 0.1) is 11.8 Å². The third-order valence-corrected chi connectivity index (χ3v) is 9.20. The third kappa shape index (κ3) is 4.52. The van der Waals surface area contributed by atoms with Crippen molar-refractivity contribution >= 4 is 29.1 Å². The zero-order valence-corrected chi connectivity index (χ0v) is 23.8. The summed E-state index contributed by atoms with van der Waals surface area (Å²) < 4.78 is 0. The van der Waals surface area contributed by atoms with Crippen LogP contribution < -0.4 is 5.73 Å². The largest absolute Gasteiger partial charge is 0.511 e. The summed E-state index contributed by atoms with van der Waals surface area (Å²) in [6, 6.07) is 11.5. The number of halogens is 1. The smallest absolute Gasteiger partial charge is 0.255 e. The number of primary amides is 1. The number of fused-ring (bicyclic) bond motifs is 3. The van der Waals surface area contributed by atoms with Crippen LogP contribution in [0.1, 0.15) is 53.7 Å². The molecule has 0 saturated heterocycles. The molecule has 0 spiro atoms. The predicted molar refractivity (Wildman–Crippen MR) is 152 cm³/mol. The van der Waals surface area contributed by atoms with Gasteiger partial charge in [0.05, 0.1) is 5.56 Å². The number of benzene rings is 2. The highest BCUT2D eigenvalue weighted by molar-refractivity contribution is 6.33. The number of phenolic OH excluding ortho intramolecular Hbond substituents is 1. The van der Waals surface area contributed by atoms with Gasteiger partial charge in [-0.2, -0.15) is 0 Å². The van der Waals surface area contributed by atoms with E-state index in [1.54, 1.807) is 0 Å². The molecule has 3 aliphatic rings. The second-order valence-electron chi connectivity index (χ2n) is 12.1. The fourth-order valence-corrected chi connectivity index (χ4v) is 7.13. The number of amides is 1. The second kappa shape index (κ2) is 10.0. The standard InChI is InChI=1S/C31H33ClN2O7/c1-30(2,17-7-5-4-6-8-17)14-34(3)13-16-11-20(35)23-19(25(16)32)10-15-9-18-12-21(36)24(29(33)40)28(39)31(18,41)27(38)22(15)26(23)37/h4-8,11,15,18,35-36,38,41H,9-10,12-14H2,1-3H3,(H2,33,40)/t15?,18-,31-/m0/s1. The minimum absolute atomic E-state index is 0.0510. The Bertz CT molecular complexity index is 1550. The van der Waals surface area contributed by atoms with E-state index in [0.29, 0.717) is 29.2 Å². The van der Waals surface area contributed by atoms with Crippen LogP contribution in [0.4, 0.5) is 0 Å². The maximum absolute atomic E-state index is 13.7. The molecule has 3 aliphatic carbocycles. The Labute approximate surface area is 242 Å². The van der Waals surface area contributed by atoms with Gasteiger partial charge in [0.2, 0.25) is 5.78 Å². The summed E-state index contributed by atoms with van der Waals surface area (Å²) >= 11 is 6.86. The lowest BCUT2D eigenvalue weighted by Gasteiger charge is -2.45. The van der Waals surface area contributed by atoms with Crippen molar-refractivity contribution in [2.24, 2.45) is 17.6 Å². The quantitative estimate of drug-likeness (QED) is 0.324. The molecule has 0 aromatic heterocycles. The van der Waals surface area contributed by atoms with Crippen LogP contribution in [0.15, 0.2) is 59.1 Å². The van der Waals surface area contributed by atoms with Gasteiger partial charge in [-0.25, -0.2) is 0 Å². The topological polar surface area (TPSA) is 161 Å². The van der Waals surface area contributed by atoms with Crippen LogP contribution in [-0.4, -0.2) is 62.0 Å². The number of Topliss-reactive ketones (excluding diaryl/α,β-unsaturated/α-hetero) is 2. The number of allylic oxidation sites excluding steroid dienone is 2. The van der Waals surface area contributed by atoms with Crippen molar-refractivity contribution in [3.8, 4) is 5.75 Å². The van der Waals surface area contributed by atoms with E-state index in [9.17, 15) is 34.8 Å². The third-order valence-electron chi connectivity index (χ3n) is 8.73. The van der Waals surface area contributed by atoms with E-state index < -0.39 is 52.0 Å². The highest BCUT2D eigenvalue weighted by atomic mass is 35.5. The summed E-state index contributed by atoms with van der Waals surface area (Å²) in [4.78, 5) is 40.7. The number of nitrogens with zero attached hydrogens (tertiary/aromatic N) is 1. The normalized spacial score (nSPS) is 24.3. The SMILES string of the molecule is CN(Cc1cc(O)c2c(c1Cl)CC1C[C@H]3CC(O)=C(C(N)=O)C(=O)[C@@]3(O)C(O)=C1C2=O)CC(C)(C)c1ccccc1. The molecule has 3 atom stereocenters. The first kappa shape index (κ1) is 28.9. The lowest BCUT2D eigenvalue weighted by atomic mass is 9.60. The zero-order valence-electron chi connectivity index (χ0n) is 23.1. The molecule has 41 heavy (non-hydrogen) atoms. The summed E-state index contributed by atoms with van der Waals surface area (Å²) in [7, 11) is 1.95. The summed E-state index contributed by atoms with van der Waals surface area (Å²) in [5.74, 6) is -6.64. The monoisotopic (exact) mass is 580 g/mol. The van der Waals surface area contributed by atoms with E-state index in [4.69, 9.17) is 17.3 Å². The first-order valence-corrected chi connectivity index (χ1v) is 13.8. The van der Waals surface area contributed by atoms with Crippen LogP contribution >= 0.6 is 11.6 Å². The summed E-state index contributed by atoms with van der Waals surface area (Å²) in [6.07, 6.45) is -0.0698. The molecule has 9 nitrogen and oxygen atoms in total. The Morgan fingerprint density at radius 1 is 1.15 bits per heavy atom. The van der Waals surface area contributed by atoms with E-state index in [-0.39, 0.29) is 41.6 Å². The maximum atomic E-state index is 13.7. The van der Waals surface area contributed by atoms with Crippen molar-refractivity contribution in [1.29, 1.82) is 0 Å². The van der Waals surface area contributed by atoms with E-state index >= 15 is 0 Å². The number of aliphatic hydroxyl groups is 3. The Morgan fingerprint density at radius 2 is 1.80 bits per heavy atom. The number of nitrogens with two attached hydrogens (primary N) is 1. The van der Waals surface area contributed by atoms with Crippen LogP contribution in [0.5, 0.6) is 5.75 Å². The molecule has 2 aromatic rings. The van der Waals surface area contributed by atoms with Gasteiger partial charge in [0.15, 0.2) is 11.4 Å². The first-order valence-electron chi connectivity index (χ1n) is 13.4. The van der Waals surface area contributed by atoms with Crippen molar-refractivity contribution in [3.63, 3.8) is 0 Å². The number of likely N-dealkylation sites (N-methyl/N-ethyl adjacent to an activating group) is 1. The van der Waals surface area contributed by atoms with E-state index in [2.05, 4.69) is 30.9 Å². The number of aliphatic hydroxyl groups excluding tert-OH is 2. The minimum Gasteiger partial charge on any atom is -0.511 e. The minimum atomic E-state index is -2.59. The number of rotatable bonds is 6. The van der Waals surface area contributed by atoms with Gasteiger partial charge in [-0.05, 0) is 48.6 Å². The number of hydrogen-bond donors (Lipinski definition) is 5. The van der Waals surface area contributed by atoms with E-state index in [1.165, 1.54) is 11.6 Å². The number of aromatic hydroxyl groups is 1. The molecular weight excluding hydrogens is 548 g/mol. The number of hydrogen-bond acceptors (Lipinski definition) is 8. The van der Waals surface area contributed by atoms with Gasteiger partial charge < -0.3 is 31.1 Å². The van der Waals surface area contributed by atoms with Gasteiger partial charge >= 0.3 is 0 Å².